The number of carbonyl (C=O) groups is 1. The zero-order chi connectivity index (χ0) is 13.1. The highest BCUT2D eigenvalue weighted by Crippen LogP contribution is 2.30. The monoisotopic (exact) mass is 323 g/mol. The third-order valence-electron chi connectivity index (χ3n) is 2.29. The Balaban J connectivity index is 2.28. The number of rotatable bonds is 3. The summed E-state index contributed by atoms with van der Waals surface area (Å²) in [4.78, 5) is 16.1. The van der Waals surface area contributed by atoms with E-state index in [2.05, 4.69) is 20.9 Å². The summed E-state index contributed by atoms with van der Waals surface area (Å²) in [5.74, 6) is -0.919. The SMILES string of the molecule is Cc1cc(Br)cnc1Sc1cccc(C(=O)O)c1. The molecule has 0 radical (unpaired) electrons. The van der Waals surface area contributed by atoms with Gasteiger partial charge in [0, 0.05) is 15.6 Å². The van der Waals surface area contributed by atoms with Crippen LogP contribution in [0.1, 0.15) is 15.9 Å². The number of hydrogen-bond donors (Lipinski definition) is 1. The van der Waals surface area contributed by atoms with E-state index in [0.29, 0.717) is 0 Å². The summed E-state index contributed by atoms with van der Waals surface area (Å²) in [6, 6.07) is 8.82. The van der Waals surface area contributed by atoms with Crippen LogP contribution in [0, 0.1) is 6.92 Å². The maximum Gasteiger partial charge on any atom is 0.335 e. The van der Waals surface area contributed by atoms with Gasteiger partial charge in [-0.25, -0.2) is 9.78 Å². The van der Waals surface area contributed by atoms with Crippen molar-refractivity contribution in [2.24, 2.45) is 0 Å². The number of carboxylic acid groups (broad SMARTS) is 1. The van der Waals surface area contributed by atoms with Crippen LogP contribution in [0.2, 0.25) is 0 Å². The molecular weight excluding hydrogens is 314 g/mol. The van der Waals surface area contributed by atoms with E-state index in [4.69, 9.17) is 5.11 Å². The lowest BCUT2D eigenvalue weighted by Gasteiger charge is -2.05. The number of pyridine rings is 1. The highest BCUT2D eigenvalue weighted by atomic mass is 79.9. The van der Waals surface area contributed by atoms with E-state index >= 15 is 0 Å². The van der Waals surface area contributed by atoms with E-state index in [1.54, 1.807) is 24.4 Å². The average molecular weight is 324 g/mol. The van der Waals surface area contributed by atoms with Crippen molar-refractivity contribution in [2.45, 2.75) is 16.8 Å². The summed E-state index contributed by atoms with van der Waals surface area (Å²) < 4.78 is 0.934. The molecule has 0 spiro atoms. The molecule has 1 aromatic heterocycles. The number of nitrogens with zero attached hydrogens (tertiary/aromatic N) is 1. The van der Waals surface area contributed by atoms with Crippen molar-refractivity contribution in [3.05, 3.63) is 52.1 Å². The average Bonchev–Trinajstić information content (AvgIpc) is 2.33. The number of halogens is 1. The van der Waals surface area contributed by atoms with Crippen LogP contribution >= 0.6 is 27.7 Å². The van der Waals surface area contributed by atoms with Crippen molar-refractivity contribution in [3.63, 3.8) is 0 Å². The lowest BCUT2D eigenvalue weighted by molar-refractivity contribution is 0.0696. The fourth-order valence-corrected chi connectivity index (χ4v) is 2.77. The van der Waals surface area contributed by atoms with Gasteiger partial charge in [-0.3, -0.25) is 0 Å². The van der Waals surface area contributed by atoms with Gasteiger partial charge in [-0.1, -0.05) is 17.8 Å². The van der Waals surface area contributed by atoms with Gasteiger partial charge in [-0.15, -0.1) is 0 Å². The van der Waals surface area contributed by atoms with Crippen LogP contribution < -0.4 is 0 Å². The van der Waals surface area contributed by atoms with Crippen LogP contribution in [0.15, 0.2) is 50.9 Å². The molecule has 5 heteroatoms. The Kier molecular flexibility index (Phi) is 4.04. The molecule has 0 saturated carbocycles. The highest BCUT2D eigenvalue weighted by Gasteiger charge is 2.07. The number of aryl methyl sites for hydroxylation is 1. The van der Waals surface area contributed by atoms with Crippen LogP contribution in [0.3, 0.4) is 0 Å². The Morgan fingerprint density at radius 1 is 1.39 bits per heavy atom. The molecule has 0 atom stereocenters. The number of hydrogen-bond acceptors (Lipinski definition) is 3. The van der Waals surface area contributed by atoms with Crippen LogP contribution in [0.4, 0.5) is 0 Å². The highest BCUT2D eigenvalue weighted by molar-refractivity contribution is 9.10. The number of aromatic carboxylic acids is 1. The summed E-state index contributed by atoms with van der Waals surface area (Å²) >= 11 is 4.82. The Morgan fingerprint density at radius 2 is 2.17 bits per heavy atom. The molecule has 0 unspecified atom stereocenters. The second-order valence-electron chi connectivity index (χ2n) is 3.71. The second-order valence-corrected chi connectivity index (χ2v) is 5.69. The molecule has 0 saturated heterocycles. The fourth-order valence-electron chi connectivity index (χ4n) is 1.44. The van der Waals surface area contributed by atoms with E-state index in [1.807, 2.05) is 19.1 Å². The minimum absolute atomic E-state index is 0.287. The first-order valence-corrected chi connectivity index (χ1v) is 6.80. The summed E-state index contributed by atoms with van der Waals surface area (Å²) in [6.07, 6.45) is 1.73. The van der Waals surface area contributed by atoms with Gasteiger partial charge >= 0.3 is 5.97 Å². The summed E-state index contributed by atoms with van der Waals surface area (Å²) in [6.45, 7) is 1.97. The van der Waals surface area contributed by atoms with Gasteiger partial charge in [0.05, 0.1) is 5.56 Å². The Labute approximate surface area is 117 Å². The van der Waals surface area contributed by atoms with Crippen molar-refractivity contribution in [3.8, 4) is 0 Å². The minimum atomic E-state index is -0.919. The summed E-state index contributed by atoms with van der Waals surface area (Å²) in [5, 5.41) is 9.81. The van der Waals surface area contributed by atoms with Crippen molar-refractivity contribution in [2.75, 3.05) is 0 Å². The normalized spacial score (nSPS) is 10.3. The van der Waals surface area contributed by atoms with Gasteiger partial charge in [-0.05, 0) is 52.7 Å². The van der Waals surface area contributed by atoms with Crippen LogP contribution in [-0.2, 0) is 0 Å². The molecule has 0 bridgehead atoms. The molecule has 0 aliphatic heterocycles. The first-order chi connectivity index (χ1) is 8.56. The molecule has 92 valence electrons. The van der Waals surface area contributed by atoms with Crippen LogP contribution in [0.5, 0.6) is 0 Å². The Morgan fingerprint density at radius 3 is 2.83 bits per heavy atom. The molecule has 18 heavy (non-hydrogen) atoms. The number of carboxylic acids is 1. The van der Waals surface area contributed by atoms with Crippen molar-refractivity contribution < 1.29 is 9.90 Å². The molecule has 0 amide bonds. The van der Waals surface area contributed by atoms with Crippen molar-refractivity contribution in [1.29, 1.82) is 0 Å². The Bertz CT molecular complexity index is 601. The van der Waals surface area contributed by atoms with Gasteiger partial charge < -0.3 is 5.11 Å². The predicted molar refractivity (Wildman–Crippen MR) is 74.2 cm³/mol. The van der Waals surface area contributed by atoms with E-state index in [0.717, 1.165) is 20.0 Å². The van der Waals surface area contributed by atoms with Crippen LogP contribution in [-0.4, -0.2) is 16.1 Å². The van der Waals surface area contributed by atoms with E-state index in [9.17, 15) is 4.79 Å². The second kappa shape index (κ2) is 5.54. The molecule has 1 aromatic carbocycles. The fraction of sp³-hybridized carbons (Fsp3) is 0.0769. The van der Waals surface area contributed by atoms with E-state index < -0.39 is 5.97 Å². The smallest absolute Gasteiger partial charge is 0.335 e. The van der Waals surface area contributed by atoms with Gasteiger partial charge in [0.2, 0.25) is 0 Å². The first-order valence-electron chi connectivity index (χ1n) is 5.19. The van der Waals surface area contributed by atoms with E-state index in [-0.39, 0.29) is 5.56 Å². The van der Waals surface area contributed by atoms with Gasteiger partial charge in [0.25, 0.3) is 0 Å². The molecule has 1 N–H and O–H groups in total. The molecule has 0 aliphatic carbocycles. The van der Waals surface area contributed by atoms with Crippen LogP contribution in [0.25, 0.3) is 0 Å². The van der Waals surface area contributed by atoms with Crippen molar-refractivity contribution >= 4 is 33.7 Å². The lowest BCUT2D eigenvalue weighted by Crippen LogP contribution is -1.95. The van der Waals surface area contributed by atoms with Crippen molar-refractivity contribution in [1.82, 2.24) is 4.98 Å². The maximum atomic E-state index is 10.9. The molecule has 3 nitrogen and oxygen atoms in total. The maximum absolute atomic E-state index is 10.9. The third-order valence-corrected chi connectivity index (χ3v) is 3.84. The third kappa shape index (κ3) is 3.11. The van der Waals surface area contributed by atoms with E-state index in [1.165, 1.54) is 11.8 Å². The van der Waals surface area contributed by atoms with Gasteiger partial charge in [0.15, 0.2) is 0 Å². The Hall–Kier alpha value is -1.33. The number of benzene rings is 1. The zero-order valence-corrected chi connectivity index (χ0v) is 12.0. The number of aromatic nitrogens is 1. The zero-order valence-electron chi connectivity index (χ0n) is 9.55. The van der Waals surface area contributed by atoms with Gasteiger partial charge in [0.1, 0.15) is 5.03 Å². The molecule has 0 aliphatic rings. The standard InChI is InChI=1S/C13H10BrNO2S/c1-8-5-10(14)7-15-12(8)18-11-4-2-3-9(6-11)13(16)17/h2-7H,1H3,(H,16,17). The summed E-state index contributed by atoms with van der Waals surface area (Å²) in [7, 11) is 0. The lowest BCUT2D eigenvalue weighted by atomic mass is 10.2. The molecular formula is C13H10BrNO2S. The minimum Gasteiger partial charge on any atom is -0.478 e. The molecule has 0 fully saturated rings. The first kappa shape index (κ1) is 13.1. The molecule has 2 rings (SSSR count). The quantitative estimate of drug-likeness (QED) is 0.927. The van der Waals surface area contributed by atoms with Gasteiger partial charge in [-0.2, -0.15) is 0 Å². The molecule has 1 heterocycles. The summed E-state index contributed by atoms with van der Waals surface area (Å²) in [5.41, 5.74) is 1.34. The largest absolute Gasteiger partial charge is 0.478 e. The topological polar surface area (TPSA) is 50.2 Å². The molecule has 2 aromatic rings. The predicted octanol–water partition coefficient (Wildman–Crippen LogP) is 4.00.